The first-order chi connectivity index (χ1) is 7.29. The van der Waals surface area contributed by atoms with Crippen LogP contribution in [0.2, 0.25) is 0 Å². The van der Waals surface area contributed by atoms with Gasteiger partial charge in [0.05, 0.1) is 9.82 Å². The van der Waals surface area contributed by atoms with E-state index >= 15 is 0 Å². The predicted octanol–water partition coefficient (Wildman–Crippen LogP) is 2.04. The molecule has 0 bridgehead atoms. The Morgan fingerprint density at radius 2 is 2.12 bits per heavy atom. The zero-order valence-electron chi connectivity index (χ0n) is 8.80. The van der Waals surface area contributed by atoms with Gasteiger partial charge in [0.2, 0.25) is 0 Å². The van der Waals surface area contributed by atoms with Crippen molar-refractivity contribution in [2.24, 2.45) is 0 Å². The number of hydrogen-bond donors (Lipinski definition) is 1. The summed E-state index contributed by atoms with van der Waals surface area (Å²) in [5, 5.41) is 10.8. The molecule has 0 amide bonds. The van der Waals surface area contributed by atoms with Crippen molar-refractivity contribution in [3.05, 3.63) is 33.4 Å². The second-order valence-corrected chi connectivity index (χ2v) is 6.01. The summed E-state index contributed by atoms with van der Waals surface area (Å²) in [5.41, 5.74) is 0.590. The topological polar surface area (TPSA) is 80.4 Å². The number of nitrogens with zero attached hydrogens (tertiary/aromatic N) is 1. The molecule has 1 aromatic rings. The first kappa shape index (κ1) is 13.0. The molecule has 88 valence electrons. The summed E-state index contributed by atoms with van der Waals surface area (Å²) in [7, 11) is -3.60. The van der Waals surface area contributed by atoms with Crippen molar-refractivity contribution in [1.82, 2.24) is 0 Å². The molecule has 0 aromatic heterocycles. The normalized spacial score (nSPS) is 14.4. The maximum absolute atomic E-state index is 11.5. The average Bonchev–Trinajstić information content (AvgIpc) is 2.14. The maximum atomic E-state index is 11.5. The lowest BCUT2D eigenvalue weighted by Crippen LogP contribution is -2.07. The average molecular weight is 261 g/mol. The summed E-state index contributed by atoms with van der Waals surface area (Å²) in [5.74, 6) is 0. The van der Waals surface area contributed by atoms with E-state index in [1.165, 1.54) is 12.1 Å². The molecule has 0 saturated carbocycles. The van der Waals surface area contributed by atoms with Crippen molar-refractivity contribution in [3.63, 3.8) is 0 Å². The molecular formula is C9H11NO4S2. The molecule has 0 fully saturated rings. The first-order valence-corrected chi connectivity index (χ1v) is 6.97. The molecule has 1 rings (SSSR count). The third kappa shape index (κ3) is 2.37. The minimum Gasteiger partial charge on any atom is -0.302 e. The van der Waals surface area contributed by atoms with Crippen molar-refractivity contribution >= 4 is 25.6 Å². The number of nitro groups is 1. The van der Waals surface area contributed by atoms with Gasteiger partial charge in [-0.15, -0.1) is 0 Å². The molecule has 1 N–H and O–H groups in total. The Bertz CT molecular complexity index is 537. The van der Waals surface area contributed by atoms with E-state index in [9.17, 15) is 18.9 Å². The second kappa shape index (κ2) is 4.44. The van der Waals surface area contributed by atoms with Crippen molar-refractivity contribution in [2.45, 2.75) is 25.2 Å². The smallest absolute Gasteiger partial charge is 0.273 e. The summed E-state index contributed by atoms with van der Waals surface area (Å²) in [4.78, 5) is 10.2. The SMILES string of the molecule is CCc1c([N+](=O)[O-])ccc(C)c1S(=O)(O)=S. The summed E-state index contributed by atoms with van der Waals surface area (Å²) in [6.07, 6.45) is 0.293. The van der Waals surface area contributed by atoms with Gasteiger partial charge in [0, 0.05) is 22.8 Å². The van der Waals surface area contributed by atoms with E-state index in [4.69, 9.17) is 0 Å². The molecule has 0 spiro atoms. The molecule has 1 unspecified atom stereocenters. The Labute approximate surface area is 98.1 Å². The quantitative estimate of drug-likeness (QED) is 0.665. The van der Waals surface area contributed by atoms with Crippen LogP contribution in [0.4, 0.5) is 5.69 Å². The van der Waals surface area contributed by atoms with Crippen molar-refractivity contribution in [3.8, 4) is 0 Å². The number of rotatable bonds is 3. The fraction of sp³-hybridized carbons (Fsp3) is 0.333. The maximum Gasteiger partial charge on any atom is 0.273 e. The van der Waals surface area contributed by atoms with Gasteiger partial charge in [0.1, 0.15) is 0 Å². The highest BCUT2D eigenvalue weighted by Crippen LogP contribution is 2.29. The van der Waals surface area contributed by atoms with E-state index in [1.54, 1.807) is 13.8 Å². The number of aryl methyl sites for hydroxylation is 1. The molecule has 0 saturated heterocycles. The van der Waals surface area contributed by atoms with Crippen LogP contribution in [0.5, 0.6) is 0 Å². The summed E-state index contributed by atoms with van der Waals surface area (Å²) in [6, 6.07) is 2.77. The van der Waals surface area contributed by atoms with Crippen molar-refractivity contribution in [2.75, 3.05) is 0 Å². The molecule has 0 aliphatic rings. The number of nitro benzene ring substituents is 1. The van der Waals surface area contributed by atoms with Gasteiger partial charge < -0.3 is 4.55 Å². The minimum atomic E-state index is -3.60. The van der Waals surface area contributed by atoms with Gasteiger partial charge in [0.15, 0.2) is 8.77 Å². The van der Waals surface area contributed by atoms with Crippen LogP contribution in [0.3, 0.4) is 0 Å². The van der Waals surface area contributed by atoms with Gasteiger partial charge in [0.25, 0.3) is 5.69 Å². The lowest BCUT2D eigenvalue weighted by Gasteiger charge is -2.10. The molecule has 5 nitrogen and oxygen atoms in total. The Hall–Kier alpha value is -1.05. The molecule has 7 heteroatoms. The molecule has 0 heterocycles. The van der Waals surface area contributed by atoms with Gasteiger partial charge in [-0.2, -0.15) is 0 Å². The van der Waals surface area contributed by atoms with Gasteiger partial charge >= 0.3 is 0 Å². The zero-order chi connectivity index (χ0) is 12.5. The van der Waals surface area contributed by atoms with Gasteiger partial charge in [-0.1, -0.05) is 13.0 Å². The predicted molar refractivity (Wildman–Crippen MR) is 63.6 cm³/mol. The van der Waals surface area contributed by atoms with Crippen LogP contribution in [0.1, 0.15) is 18.1 Å². The third-order valence-electron chi connectivity index (χ3n) is 2.24. The van der Waals surface area contributed by atoms with E-state index < -0.39 is 13.7 Å². The van der Waals surface area contributed by atoms with Crippen LogP contribution in [0.25, 0.3) is 0 Å². The van der Waals surface area contributed by atoms with E-state index in [2.05, 4.69) is 11.2 Å². The Morgan fingerprint density at radius 3 is 2.50 bits per heavy atom. The van der Waals surface area contributed by atoms with Crippen LogP contribution in [0, 0.1) is 17.0 Å². The zero-order valence-corrected chi connectivity index (χ0v) is 10.4. The lowest BCUT2D eigenvalue weighted by atomic mass is 10.1. The lowest BCUT2D eigenvalue weighted by molar-refractivity contribution is -0.385. The minimum absolute atomic E-state index is 0.0131. The Balaban J connectivity index is 3.71. The van der Waals surface area contributed by atoms with Crippen LogP contribution < -0.4 is 0 Å². The highest BCUT2D eigenvalue weighted by Gasteiger charge is 2.23. The van der Waals surface area contributed by atoms with E-state index in [0.717, 1.165) is 0 Å². The third-order valence-corrected chi connectivity index (χ3v) is 3.83. The largest absolute Gasteiger partial charge is 0.302 e. The Kier molecular flexibility index (Phi) is 3.61. The summed E-state index contributed by atoms with van der Waals surface area (Å²) in [6.45, 7) is 3.30. The number of hydrogen-bond acceptors (Lipinski definition) is 4. The molecular weight excluding hydrogens is 250 g/mol. The molecule has 16 heavy (non-hydrogen) atoms. The van der Waals surface area contributed by atoms with Crippen LogP contribution >= 0.6 is 0 Å². The van der Waals surface area contributed by atoms with Crippen LogP contribution in [0.15, 0.2) is 17.0 Å². The van der Waals surface area contributed by atoms with Gasteiger partial charge in [-0.3, -0.25) is 10.1 Å². The van der Waals surface area contributed by atoms with Gasteiger partial charge in [-0.25, -0.2) is 4.21 Å². The highest BCUT2D eigenvalue weighted by atomic mass is 32.8. The fourth-order valence-electron chi connectivity index (χ4n) is 1.61. The molecule has 1 aromatic carbocycles. The molecule has 0 aliphatic carbocycles. The monoisotopic (exact) mass is 261 g/mol. The number of benzene rings is 1. The molecule has 1 atom stereocenters. The first-order valence-electron chi connectivity index (χ1n) is 4.53. The van der Waals surface area contributed by atoms with Crippen LogP contribution in [-0.2, 0) is 26.4 Å². The fourth-order valence-corrected chi connectivity index (χ4v) is 3.34. The van der Waals surface area contributed by atoms with E-state index in [-0.39, 0.29) is 16.1 Å². The molecule has 0 radical (unpaired) electrons. The standard InChI is InChI=1S/C9H11NO4S2/c1-3-7-8(10(11)12)5-4-6(2)9(7)16(13,14)15/h4-5H,3H2,1-2H3,(H,13,14,15). The van der Waals surface area contributed by atoms with Crippen molar-refractivity contribution < 1.29 is 13.7 Å². The van der Waals surface area contributed by atoms with Crippen molar-refractivity contribution in [1.29, 1.82) is 0 Å². The van der Waals surface area contributed by atoms with Crippen LogP contribution in [-0.4, -0.2) is 13.7 Å². The van der Waals surface area contributed by atoms with E-state index in [1.807, 2.05) is 0 Å². The summed E-state index contributed by atoms with van der Waals surface area (Å²) < 4.78 is 20.9. The van der Waals surface area contributed by atoms with E-state index in [0.29, 0.717) is 12.0 Å². The highest BCUT2D eigenvalue weighted by molar-refractivity contribution is 8.29. The summed E-state index contributed by atoms with van der Waals surface area (Å²) >= 11 is 4.50. The van der Waals surface area contributed by atoms with Gasteiger partial charge in [-0.05, 0) is 18.9 Å². The molecule has 0 aliphatic heterocycles. The second-order valence-electron chi connectivity index (χ2n) is 3.29. The Morgan fingerprint density at radius 1 is 1.56 bits per heavy atom.